The summed E-state index contributed by atoms with van der Waals surface area (Å²) >= 11 is 0. The number of likely N-dealkylation sites (tertiary alicyclic amines) is 1. The second-order valence-corrected chi connectivity index (χ2v) is 6.97. The van der Waals surface area contributed by atoms with Crippen molar-refractivity contribution in [3.63, 3.8) is 0 Å². The van der Waals surface area contributed by atoms with Crippen molar-refractivity contribution >= 4 is 17.5 Å². The van der Waals surface area contributed by atoms with Crippen LogP contribution >= 0.6 is 0 Å². The highest BCUT2D eigenvalue weighted by Gasteiger charge is 2.39. The predicted octanol–water partition coefficient (Wildman–Crippen LogP) is 1.28. The van der Waals surface area contributed by atoms with Crippen molar-refractivity contribution in [2.24, 2.45) is 24.8 Å². The van der Waals surface area contributed by atoms with Crippen molar-refractivity contribution in [2.45, 2.75) is 26.7 Å². The molecule has 22 heavy (non-hydrogen) atoms. The van der Waals surface area contributed by atoms with E-state index in [1.807, 2.05) is 18.1 Å². The van der Waals surface area contributed by atoms with Crippen LogP contribution in [0.3, 0.4) is 0 Å². The van der Waals surface area contributed by atoms with E-state index >= 15 is 0 Å². The maximum atomic E-state index is 12.7. The van der Waals surface area contributed by atoms with Gasteiger partial charge in [0.05, 0.1) is 17.8 Å². The van der Waals surface area contributed by atoms with E-state index in [1.165, 1.54) is 6.42 Å². The number of piperidine rings is 1. The molecule has 0 radical (unpaired) electrons. The Morgan fingerprint density at radius 2 is 1.91 bits per heavy atom. The fourth-order valence-corrected chi connectivity index (χ4v) is 3.77. The quantitative estimate of drug-likeness (QED) is 0.827. The van der Waals surface area contributed by atoms with E-state index in [-0.39, 0.29) is 17.7 Å². The van der Waals surface area contributed by atoms with Gasteiger partial charge in [0.2, 0.25) is 11.8 Å². The van der Waals surface area contributed by atoms with Gasteiger partial charge >= 0.3 is 0 Å². The molecule has 2 saturated heterocycles. The number of carbonyl (C=O) groups is 2. The van der Waals surface area contributed by atoms with Crippen LogP contribution < -0.4 is 4.90 Å². The van der Waals surface area contributed by atoms with Gasteiger partial charge in [-0.2, -0.15) is 5.10 Å². The first-order valence-corrected chi connectivity index (χ1v) is 8.02. The maximum absolute atomic E-state index is 12.7. The molecule has 3 atom stereocenters. The van der Waals surface area contributed by atoms with Crippen molar-refractivity contribution in [1.29, 1.82) is 0 Å². The van der Waals surface area contributed by atoms with E-state index < -0.39 is 0 Å². The van der Waals surface area contributed by atoms with Gasteiger partial charge in [-0.05, 0) is 18.3 Å². The lowest BCUT2D eigenvalue weighted by molar-refractivity contribution is -0.138. The largest absolute Gasteiger partial charge is 0.342 e. The van der Waals surface area contributed by atoms with Gasteiger partial charge in [0.15, 0.2) is 0 Å². The molecule has 0 bridgehead atoms. The highest BCUT2D eigenvalue weighted by molar-refractivity contribution is 6.00. The molecule has 0 N–H and O–H groups in total. The zero-order chi connectivity index (χ0) is 15.9. The third-order valence-corrected chi connectivity index (χ3v) is 4.66. The summed E-state index contributed by atoms with van der Waals surface area (Å²) in [6.07, 6.45) is 4.98. The van der Waals surface area contributed by atoms with Crippen LogP contribution in [-0.2, 0) is 16.6 Å². The molecule has 0 aromatic carbocycles. The molecule has 2 amide bonds. The standard InChI is InChI=1S/C16H24N4O2/c1-11-4-12(2)8-19(7-11)16(22)13-5-15(21)20(9-13)14-6-17-18(3)10-14/h6,10-13H,4-5,7-9H2,1-3H3. The summed E-state index contributed by atoms with van der Waals surface area (Å²) in [4.78, 5) is 28.6. The minimum absolute atomic E-state index is 0.0180. The van der Waals surface area contributed by atoms with E-state index in [9.17, 15) is 9.59 Å². The van der Waals surface area contributed by atoms with Crippen LogP contribution in [0.15, 0.2) is 12.4 Å². The summed E-state index contributed by atoms with van der Waals surface area (Å²) < 4.78 is 1.67. The molecule has 120 valence electrons. The Balaban J connectivity index is 1.68. The molecule has 0 saturated carbocycles. The normalized spacial score (nSPS) is 29.2. The molecule has 3 rings (SSSR count). The average molecular weight is 304 g/mol. The zero-order valence-electron chi connectivity index (χ0n) is 13.5. The Morgan fingerprint density at radius 1 is 1.23 bits per heavy atom. The predicted molar refractivity (Wildman–Crippen MR) is 83.2 cm³/mol. The Morgan fingerprint density at radius 3 is 2.50 bits per heavy atom. The summed E-state index contributed by atoms with van der Waals surface area (Å²) in [5.74, 6) is 1.02. The van der Waals surface area contributed by atoms with Crippen LogP contribution in [0.25, 0.3) is 0 Å². The number of carbonyl (C=O) groups excluding carboxylic acids is 2. The van der Waals surface area contributed by atoms with Crippen LogP contribution in [0.5, 0.6) is 0 Å². The molecule has 6 nitrogen and oxygen atoms in total. The monoisotopic (exact) mass is 304 g/mol. The lowest BCUT2D eigenvalue weighted by Gasteiger charge is -2.36. The Kier molecular flexibility index (Phi) is 3.93. The third kappa shape index (κ3) is 2.87. The van der Waals surface area contributed by atoms with E-state index in [0.29, 0.717) is 24.8 Å². The molecular formula is C16H24N4O2. The second-order valence-electron chi connectivity index (χ2n) is 6.97. The Bertz CT molecular complexity index is 572. The first kappa shape index (κ1) is 15.1. The molecule has 3 heterocycles. The summed E-state index contributed by atoms with van der Waals surface area (Å²) in [6.45, 7) is 6.50. The van der Waals surface area contributed by atoms with Crippen LogP contribution in [0, 0.1) is 17.8 Å². The van der Waals surface area contributed by atoms with Crippen molar-refractivity contribution in [3.8, 4) is 0 Å². The SMILES string of the molecule is CC1CC(C)CN(C(=O)C2CC(=O)N(c3cnn(C)c3)C2)C1. The number of amides is 2. The van der Waals surface area contributed by atoms with E-state index in [4.69, 9.17) is 0 Å². The number of hydrogen-bond donors (Lipinski definition) is 0. The van der Waals surface area contributed by atoms with Gasteiger partial charge in [0.1, 0.15) is 0 Å². The molecule has 6 heteroatoms. The van der Waals surface area contributed by atoms with Gasteiger partial charge in [-0.25, -0.2) is 0 Å². The lowest BCUT2D eigenvalue weighted by Crippen LogP contribution is -2.45. The fourth-order valence-electron chi connectivity index (χ4n) is 3.77. The van der Waals surface area contributed by atoms with Crippen LogP contribution in [0.4, 0.5) is 5.69 Å². The fraction of sp³-hybridized carbons (Fsp3) is 0.688. The first-order valence-electron chi connectivity index (χ1n) is 8.02. The van der Waals surface area contributed by atoms with Crippen molar-refractivity contribution in [2.75, 3.05) is 24.5 Å². The molecular weight excluding hydrogens is 280 g/mol. The number of aryl methyl sites for hydroxylation is 1. The van der Waals surface area contributed by atoms with Gasteiger partial charge < -0.3 is 9.80 Å². The second kappa shape index (κ2) is 5.74. The van der Waals surface area contributed by atoms with Crippen molar-refractivity contribution in [1.82, 2.24) is 14.7 Å². The third-order valence-electron chi connectivity index (χ3n) is 4.66. The number of rotatable bonds is 2. The molecule has 2 aliphatic rings. The summed E-state index contributed by atoms with van der Waals surface area (Å²) in [6, 6.07) is 0. The summed E-state index contributed by atoms with van der Waals surface area (Å²) in [5, 5.41) is 4.10. The highest BCUT2D eigenvalue weighted by Crippen LogP contribution is 2.28. The number of nitrogens with zero attached hydrogens (tertiary/aromatic N) is 4. The highest BCUT2D eigenvalue weighted by atomic mass is 16.2. The average Bonchev–Trinajstić information content (AvgIpc) is 3.03. The van der Waals surface area contributed by atoms with Crippen LogP contribution in [0.2, 0.25) is 0 Å². The van der Waals surface area contributed by atoms with Gasteiger partial charge in [-0.3, -0.25) is 14.3 Å². The van der Waals surface area contributed by atoms with Gasteiger partial charge in [0.25, 0.3) is 0 Å². The minimum Gasteiger partial charge on any atom is -0.342 e. The smallest absolute Gasteiger partial charge is 0.228 e. The van der Waals surface area contributed by atoms with Crippen LogP contribution in [-0.4, -0.2) is 46.1 Å². The van der Waals surface area contributed by atoms with Gasteiger partial charge in [-0.1, -0.05) is 13.8 Å². The molecule has 3 unspecified atom stereocenters. The molecule has 1 aromatic heterocycles. The molecule has 0 aliphatic carbocycles. The first-order chi connectivity index (χ1) is 10.4. The summed E-state index contributed by atoms with van der Waals surface area (Å²) in [5.41, 5.74) is 0.781. The molecule has 2 aliphatic heterocycles. The van der Waals surface area contributed by atoms with Crippen LogP contribution in [0.1, 0.15) is 26.7 Å². The Labute approximate surface area is 131 Å². The Hall–Kier alpha value is -1.85. The number of hydrogen-bond acceptors (Lipinski definition) is 3. The van der Waals surface area contributed by atoms with E-state index in [1.54, 1.807) is 15.8 Å². The van der Waals surface area contributed by atoms with Crippen molar-refractivity contribution < 1.29 is 9.59 Å². The zero-order valence-corrected chi connectivity index (χ0v) is 13.5. The lowest BCUT2D eigenvalue weighted by atomic mass is 9.91. The number of anilines is 1. The molecule has 0 spiro atoms. The summed E-state index contributed by atoms with van der Waals surface area (Å²) in [7, 11) is 1.82. The van der Waals surface area contributed by atoms with Gasteiger partial charge in [-0.15, -0.1) is 0 Å². The molecule has 1 aromatic rings. The topological polar surface area (TPSA) is 58.4 Å². The number of aromatic nitrogens is 2. The maximum Gasteiger partial charge on any atom is 0.228 e. The van der Waals surface area contributed by atoms with Crippen molar-refractivity contribution in [3.05, 3.63) is 12.4 Å². The minimum atomic E-state index is -0.217. The van der Waals surface area contributed by atoms with E-state index in [0.717, 1.165) is 18.8 Å². The van der Waals surface area contributed by atoms with E-state index in [2.05, 4.69) is 18.9 Å². The molecule has 2 fully saturated rings. The van der Waals surface area contributed by atoms with Gasteiger partial charge in [0, 0.05) is 39.3 Å².